The third-order valence-corrected chi connectivity index (χ3v) is 2.74. The van der Waals surface area contributed by atoms with E-state index in [2.05, 4.69) is 10.2 Å². The molecule has 2 aromatic rings. The van der Waals surface area contributed by atoms with Crippen molar-refractivity contribution in [3.05, 3.63) is 39.6 Å². The maximum Gasteiger partial charge on any atom is 0.162 e. The second-order valence-electron chi connectivity index (χ2n) is 2.54. The molecule has 0 aliphatic heterocycles. The zero-order valence-corrected chi connectivity index (χ0v) is 7.78. The number of rotatable bonds is 2. The Kier molecular flexibility index (Phi) is 2.18. The number of para-hydroxylation sites is 1. The number of nitrogens with zero attached hydrogens (tertiary/aromatic N) is 3. The highest BCUT2D eigenvalue weighted by Crippen LogP contribution is 2.25. The van der Waals surface area contributed by atoms with Crippen molar-refractivity contribution < 1.29 is 0 Å². The molecule has 1 heterocycles. The van der Waals surface area contributed by atoms with Gasteiger partial charge in [0, 0.05) is 0 Å². The van der Waals surface area contributed by atoms with Gasteiger partial charge in [-0.25, -0.2) is 10.9 Å². The van der Waals surface area contributed by atoms with E-state index < -0.39 is 0 Å². The molecule has 0 saturated carbocycles. The summed E-state index contributed by atoms with van der Waals surface area (Å²) >= 11 is 1.29. The van der Waals surface area contributed by atoms with E-state index in [1.807, 2.05) is 24.3 Å². The minimum atomic E-state index is -0.161. The van der Waals surface area contributed by atoms with E-state index in [1.165, 1.54) is 11.3 Å². The molecule has 14 heavy (non-hydrogen) atoms. The molecule has 0 radical (unpaired) electrons. The fourth-order valence-corrected chi connectivity index (χ4v) is 1.98. The van der Waals surface area contributed by atoms with Gasteiger partial charge in [-0.3, -0.25) is 0 Å². The molecule has 0 aliphatic rings. The monoisotopic (exact) mass is 202 g/mol. The molecule has 68 valence electrons. The van der Waals surface area contributed by atoms with Crippen molar-refractivity contribution in [2.45, 2.75) is 0 Å². The molecule has 0 amide bonds. The Morgan fingerprint density at radius 1 is 1.50 bits per heavy atom. The van der Waals surface area contributed by atoms with Crippen LogP contribution in [0.2, 0.25) is 0 Å². The van der Waals surface area contributed by atoms with Gasteiger partial charge in [0.1, 0.15) is 0 Å². The Balaban J connectivity index is 2.66. The topological polar surface area (TPSA) is 64.6 Å². The van der Waals surface area contributed by atoms with E-state index in [0.29, 0.717) is 5.01 Å². The number of benzene rings is 1. The van der Waals surface area contributed by atoms with Crippen LogP contribution in [0.25, 0.3) is 21.3 Å². The summed E-state index contributed by atoms with van der Waals surface area (Å²) in [7, 11) is 0. The first-order valence-corrected chi connectivity index (χ1v) is 4.63. The van der Waals surface area contributed by atoms with Gasteiger partial charge in [0.25, 0.3) is 0 Å². The largest absolute Gasteiger partial charge is 0.761 e. The summed E-state index contributed by atoms with van der Waals surface area (Å²) in [5.41, 5.74) is 0.620. The smallest absolute Gasteiger partial charge is 0.162 e. The van der Waals surface area contributed by atoms with Crippen LogP contribution in [0.5, 0.6) is 0 Å². The van der Waals surface area contributed by atoms with Crippen LogP contribution in [0.4, 0.5) is 0 Å². The Morgan fingerprint density at radius 2 is 2.29 bits per heavy atom. The average Bonchev–Trinajstić information content (AvgIpc) is 2.63. The molecule has 4 nitrogen and oxygen atoms in total. The summed E-state index contributed by atoms with van der Waals surface area (Å²) in [5.74, 6) is 1.71. The fourth-order valence-electron chi connectivity index (χ4n) is 1.08. The van der Waals surface area contributed by atoms with Crippen molar-refractivity contribution in [1.82, 2.24) is 4.98 Å². The highest BCUT2D eigenvalue weighted by molar-refractivity contribution is 7.19. The number of aromatic nitrogens is 1. The van der Waals surface area contributed by atoms with Crippen molar-refractivity contribution >= 4 is 33.1 Å². The predicted octanol–water partition coefficient (Wildman–Crippen LogP) is 2.64. The second-order valence-corrected chi connectivity index (χ2v) is 3.57. The van der Waals surface area contributed by atoms with E-state index in [1.54, 1.807) is 5.87 Å². The van der Waals surface area contributed by atoms with E-state index >= 15 is 0 Å². The van der Waals surface area contributed by atoms with Gasteiger partial charge in [0.05, 0.1) is 10.2 Å². The fraction of sp³-hybridized carbons (Fsp3) is 0. The first-order valence-electron chi connectivity index (χ1n) is 3.81. The number of hydrogen-bond acceptors (Lipinski definition) is 4. The van der Waals surface area contributed by atoms with Gasteiger partial charge in [-0.15, -0.1) is 16.2 Å². The lowest BCUT2D eigenvalue weighted by atomic mass is 10.3. The molecule has 0 spiro atoms. The van der Waals surface area contributed by atoms with Gasteiger partial charge >= 0.3 is 0 Å². The van der Waals surface area contributed by atoms with Crippen LogP contribution in [-0.4, -0.2) is 10.9 Å². The summed E-state index contributed by atoms with van der Waals surface area (Å²) < 4.78 is 0.943. The quantitative estimate of drug-likeness (QED) is 0.555. The Hall–Kier alpha value is -1.84. The first kappa shape index (κ1) is 8.74. The molecule has 5 heteroatoms. The summed E-state index contributed by atoms with van der Waals surface area (Å²) in [6, 6.07) is 7.45. The highest BCUT2D eigenvalue weighted by Gasteiger charge is 2.06. The molecule has 0 saturated heterocycles. The minimum Gasteiger partial charge on any atom is -0.761 e. The van der Waals surface area contributed by atoms with E-state index in [0.717, 1.165) is 10.2 Å². The molecule has 0 unspecified atom stereocenters. The lowest BCUT2D eigenvalue weighted by molar-refractivity contribution is 1.40. The molecular formula is C9H4N3OS-. The molecule has 0 N–H and O–H groups in total. The second kappa shape index (κ2) is 3.49. The average molecular weight is 202 g/mol. The van der Waals surface area contributed by atoms with Crippen molar-refractivity contribution in [2.75, 3.05) is 0 Å². The lowest BCUT2D eigenvalue weighted by Gasteiger charge is -1.86. The van der Waals surface area contributed by atoms with Crippen LogP contribution in [0.3, 0.4) is 0 Å². The van der Waals surface area contributed by atoms with Crippen molar-refractivity contribution in [1.29, 1.82) is 0 Å². The van der Waals surface area contributed by atoms with E-state index in [4.69, 9.17) is 5.41 Å². The molecule has 1 aromatic heterocycles. The van der Waals surface area contributed by atoms with Crippen molar-refractivity contribution in [3.8, 4) is 0 Å². The van der Waals surface area contributed by atoms with Gasteiger partial charge in [-0.05, 0) is 17.3 Å². The SMILES string of the molecule is [N-]=C=C(N=O)c1nc2ccccc2s1. The summed E-state index contributed by atoms with van der Waals surface area (Å²) in [6.45, 7) is 0. The Bertz CT molecular complexity index is 507. The Labute approximate surface area is 83.4 Å². The van der Waals surface area contributed by atoms with Gasteiger partial charge in [-0.2, -0.15) is 0 Å². The van der Waals surface area contributed by atoms with Crippen LogP contribution < -0.4 is 0 Å². The van der Waals surface area contributed by atoms with Crippen molar-refractivity contribution in [3.63, 3.8) is 0 Å². The maximum atomic E-state index is 10.3. The zero-order chi connectivity index (χ0) is 9.97. The number of nitroso groups, excluding NO2 is 1. The minimum absolute atomic E-state index is 0.161. The predicted molar refractivity (Wildman–Crippen MR) is 57.2 cm³/mol. The third-order valence-electron chi connectivity index (χ3n) is 1.69. The zero-order valence-electron chi connectivity index (χ0n) is 6.97. The van der Waals surface area contributed by atoms with Crippen LogP contribution >= 0.6 is 11.3 Å². The highest BCUT2D eigenvalue weighted by atomic mass is 32.1. The Morgan fingerprint density at radius 3 is 2.93 bits per heavy atom. The molecule has 0 atom stereocenters. The molecule has 0 fully saturated rings. The number of hydrogen-bond donors (Lipinski definition) is 0. The molecule has 0 aliphatic carbocycles. The maximum absolute atomic E-state index is 10.3. The van der Waals surface area contributed by atoms with Crippen LogP contribution in [-0.2, 0) is 0 Å². The molecule has 0 bridgehead atoms. The summed E-state index contributed by atoms with van der Waals surface area (Å²) in [4.78, 5) is 14.4. The molecular weight excluding hydrogens is 198 g/mol. The van der Waals surface area contributed by atoms with Crippen molar-refractivity contribution in [2.24, 2.45) is 5.18 Å². The standard InChI is InChI=1S/C9H4N3OS/c10-5-7(12-13)9-11-6-3-1-2-4-8(6)14-9/h1-4H/q-1. The normalized spacial score (nSPS) is 9.71. The first-order chi connectivity index (χ1) is 6.85. The summed E-state index contributed by atoms with van der Waals surface area (Å²) in [5, 5.41) is 11.6. The van der Waals surface area contributed by atoms with E-state index in [-0.39, 0.29) is 5.70 Å². The molecule has 1 aromatic carbocycles. The van der Waals surface area contributed by atoms with Gasteiger partial charge in [0.2, 0.25) is 0 Å². The van der Waals surface area contributed by atoms with Crippen LogP contribution in [0, 0.1) is 4.91 Å². The van der Waals surface area contributed by atoms with Crippen LogP contribution in [0.1, 0.15) is 5.01 Å². The van der Waals surface area contributed by atoms with E-state index in [9.17, 15) is 4.91 Å². The van der Waals surface area contributed by atoms with Gasteiger partial charge in [0.15, 0.2) is 10.7 Å². The number of thiazole rings is 1. The summed E-state index contributed by atoms with van der Waals surface area (Å²) in [6.07, 6.45) is 0. The van der Waals surface area contributed by atoms with Gasteiger partial charge in [-0.1, -0.05) is 12.1 Å². The van der Waals surface area contributed by atoms with Crippen LogP contribution in [0.15, 0.2) is 29.4 Å². The molecule has 2 rings (SSSR count). The third kappa shape index (κ3) is 1.35. The lowest BCUT2D eigenvalue weighted by Crippen LogP contribution is -1.77. The van der Waals surface area contributed by atoms with Gasteiger partial charge < -0.3 is 5.41 Å². The number of fused-ring (bicyclic) bond motifs is 1.